The van der Waals surface area contributed by atoms with Gasteiger partial charge in [-0.05, 0) is 20.0 Å². The molecule has 0 unspecified atom stereocenters. The molecule has 0 saturated carbocycles. The zero-order chi connectivity index (χ0) is 10.3. The van der Waals surface area contributed by atoms with Crippen LogP contribution in [-0.4, -0.2) is 46.5 Å². The number of nitrogens with one attached hydrogen (secondary N) is 2. The second-order valence-corrected chi connectivity index (χ2v) is 4.64. The molecule has 6 heteroatoms. The van der Waals surface area contributed by atoms with E-state index in [4.69, 9.17) is 0 Å². The van der Waals surface area contributed by atoms with Gasteiger partial charge in [-0.25, -0.2) is 4.72 Å². The Kier molecular flexibility index (Phi) is 6.23. The molecule has 0 bridgehead atoms. The van der Waals surface area contributed by atoms with Crippen molar-refractivity contribution < 1.29 is 8.42 Å². The number of nitrogens with zero attached hydrogens (tertiary/aromatic N) is 1. The van der Waals surface area contributed by atoms with Gasteiger partial charge in [0.1, 0.15) is 0 Å². The minimum absolute atomic E-state index is 0.429. The molecule has 13 heavy (non-hydrogen) atoms. The average molecular weight is 209 g/mol. The van der Waals surface area contributed by atoms with Crippen LogP contribution in [0.15, 0.2) is 0 Å². The van der Waals surface area contributed by atoms with Gasteiger partial charge in [-0.15, -0.1) is 0 Å². The number of hydrogen-bond donors (Lipinski definition) is 2. The molecule has 5 nitrogen and oxygen atoms in total. The largest absolute Gasteiger partial charge is 0.320 e. The van der Waals surface area contributed by atoms with Crippen LogP contribution in [0.4, 0.5) is 0 Å². The van der Waals surface area contributed by atoms with Gasteiger partial charge in [-0.3, -0.25) is 0 Å². The summed E-state index contributed by atoms with van der Waals surface area (Å²) in [6.07, 6.45) is 0.817. The van der Waals surface area contributed by atoms with Crippen molar-refractivity contribution in [1.29, 1.82) is 0 Å². The van der Waals surface area contributed by atoms with Crippen LogP contribution in [0, 0.1) is 0 Å². The Hall–Kier alpha value is -0.170. The lowest BCUT2D eigenvalue weighted by Crippen LogP contribution is -2.39. The summed E-state index contributed by atoms with van der Waals surface area (Å²) in [5, 5.41) is 2.96. The Labute approximate surface area is 80.7 Å². The molecule has 0 aliphatic carbocycles. The maximum atomic E-state index is 11.3. The molecule has 0 aliphatic heterocycles. The molecule has 0 aromatic heterocycles. The Morgan fingerprint density at radius 1 is 1.38 bits per heavy atom. The maximum absolute atomic E-state index is 11.3. The Bertz CT molecular complexity index is 216. The van der Waals surface area contributed by atoms with E-state index in [9.17, 15) is 8.42 Å². The van der Waals surface area contributed by atoms with Gasteiger partial charge < -0.3 is 5.32 Å². The highest BCUT2D eigenvalue weighted by Gasteiger charge is 2.14. The molecular formula is C7H19N3O2S. The van der Waals surface area contributed by atoms with Gasteiger partial charge in [0.25, 0.3) is 10.2 Å². The van der Waals surface area contributed by atoms with Gasteiger partial charge in [-0.1, -0.05) is 6.92 Å². The van der Waals surface area contributed by atoms with Crippen molar-refractivity contribution in [1.82, 2.24) is 14.3 Å². The molecule has 0 fully saturated rings. The van der Waals surface area contributed by atoms with E-state index in [2.05, 4.69) is 10.0 Å². The van der Waals surface area contributed by atoms with E-state index in [1.807, 2.05) is 7.05 Å². The highest BCUT2D eigenvalue weighted by molar-refractivity contribution is 7.87. The first-order valence-corrected chi connectivity index (χ1v) is 5.84. The van der Waals surface area contributed by atoms with Crippen molar-refractivity contribution in [2.45, 2.75) is 13.3 Å². The first-order chi connectivity index (χ1) is 6.04. The van der Waals surface area contributed by atoms with Crippen molar-refractivity contribution in [3.05, 3.63) is 0 Å². The predicted molar refractivity (Wildman–Crippen MR) is 53.8 cm³/mol. The molecule has 0 atom stereocenters. The zero-order valence-electron chi connectivity index (χ0n) is 8.50. The van der Waals surface area contributed by atoms with E-state index in [1.165, 1.54) is 4.31 Å². The van der Waals surface area contributed by atoms with Gasteiger partial charge >= 0.3 is 0 Å². The van der Waals surface area contributed by atoms with Crippen LogP contribution in [0.3, 0.4) is 0 Å². The summed E-state index contributed by atoms with van der Waals surface area (Å²) in [4.78, 5) is 0. The highest BCUT2D eigenvalue weighted by atomic mass is 32.2. The third kappa shape index (κ3) is 5.20. The van der Waals surface area contributed by atoms with E-state index in [0.717, 1.165) is 13.0 Å². The van der Waals surface area contributed by atoms with E-state index in [0.29, 0.717) is 13.1 Å². The molecule has 2 N–H and O–H groups in total. The quantitative estimate of drug-likeness (QED) is 0.549. The van der Waals surface area contributed by atoms with Gasteiger partial charge in [-0.2, -0.15) is 12.7 Å². The maximum Gasteiger partial charge on any atom is 0.279 e. The second-order valence-electron chi connectivity index (χ2n) is 2.78. The van der Waals surface area contributed by atoms with E-state index >= 15 is 0 Å². The molecule has 0 radical (unpaired) electrons. The van der Waals surface area contributed by atoms with Crippen molar-refractivity contribution >= 4 is 10.2 Å². The highest BCUT2D eigenvalue weighted by Crippen LogP contribution is 1.94. The molecule has 0 amide bonds. The summed E-state index contributed by atoms with van der Waals surface area (Å²) in [5.41, 5.74) is 0. The Morgan fingerprint density at radius 3 is 2.46 bits per heavy atom. The SMILES string of the molecule is CCNS(=O)(=O)N(C)CCCNC. The fourth-order valence-corrected chi connectivity index (χ4v) is 1.85. The predicted octanol–water partition coefficient (Wildman–Crippen LogP) is -0.618. The molecule has 0 aromatic rings. The van der Waals surface area contributed by atoms with Gasteiger partial charge in [0.2, 0.25) is 0 Å². The van der Waals surface area contributed by atoms with Gasteiger partial charge in [0.05, 0.1) is 0 Å². The second kappa shape index (κ2) is 6.31. The fourth-order valence-electron chi connectivity index (χ4n) is 0.891. The van der Waals surface area contributed by atoms with Crippen LogP contribution < -0.4 is 10.0 Å². The minimum atomic E-state index is -3.24. The fraction of sp³-hybridized carbons (Fsp3) is 1.00. The molecule has 0 aliphatic rings. The summed E-state index contributed by atoms with van der Waals surface area (Å²) < 4.78 is 26.4. The molecule has 0 heterocycles. The van der Waals surface area contributed by atoms with Gasteiger partial charge in [0, 0.05) is 20.1 Å². The smallest absolute Gasteiger partial charge is 0.279 e. The van der Waals surface area contributed by atoms with Crippen LogP contribution in [0.1, 0.15) is 13.3 Å². The van der Waals surface area contributed by atoms with Gasteiger partial charge in [0.15, 0.2) is 0 Å². The van der Waals surface area contributed by atoms with E-state index in [1.54, 1.807) is 14.0 Å². The van der Waals surface area contributed by atoms with E-state index < -0.39 is 10.2 Å². The molecule has 0 saturated heterocycles. The van der Waals surface area contributed by atoms with Crippen molar-refractivity contribution in [3.63, 3.8) is 0 Å². The van der Waals surface area contributed by atoms with Crippen LogP contribution in [0.5, 0.6) is 0 Å². The lowest BCUT2D eigenvalue weighted by atomic mass is 10.4. The lowest BCUT2D eigenvalue weighted by molar-refractivity contribution is 0.449. The van der Waals surface area contributed by atoms with E-state index in [-0.39, 0.29) is 0 Å². The molecular weight excluding hydrogens is 190 g/mol. The Morgan fingerprint density at radius 2 is 2.00 bits per heavy atom. The summed E-state index contributed by atoms with van der Waals surface area (Å²) in [7, 11) is 0.188. The lowest BCUT2D eigenvalue weighted by Gasteiger charge is -2.16. The Balaban J connectivity index is 3.87. The van der Waals surface area contributed by atoms with Crippen LogP contribution in [-0.2, 0) is 10.2 Å². The summed E-state index contributed by atoms with van der Waals surface area (Å²) in [6.45, 7) is 3.56. The molecule has 0 spiro atoms. The van der Waals surface area contributed by atoms with Crippen molar-refractivity contribution in [2.24, 2.45) is 0 Å². The van der Waals surface area contributed by atoms with Crippen molar-refractivity contribution in [3.8, 4) is 0 Å². The summed E-state index contributed by atoms with van der Waals surface area (Å²) >= 11 is 0. The van der Waals surface area contributed by atoms with Crippen LogP contribution >= 0.6 is 0 Å². The molecule has 0 rings (SSSR count). The third-order valence-electron chi connectivity index (χ3n) is 1.64. The standard InChI is InChI=1S/C7H19N3O2S/c1-4-9-13(11,12)10(3)7-5-6-8-2/h8-9H,4-7H2,1-3H3. The topological polar surface area (TPSA) is 61.4 Å². The monoisotopic (exact) mass is 209 g/mol. The third-order valence-corrected chi connectivity index (χ3v) is 3.29. The van der Waals surface area contributed by atoms with Crippen molar-refractivity contribution in [2.75, 3.05) is 33.7 Å². The average Bonchev–Trinajstić information content (AvgIpc) is 2.04. The number of hydrogen-bond acceptors (Lipinski definition) is 3. The minimum Gasteiger partial charge on any atom is -0.320 e. The van der Waals surface area contributed by atoms with Crippen LogP contribution in [0.2, 0.25) is 0 Å². The molecule has 80 valence electrons. The normalized spacial score (nSPS) is 12.3. The first-order valence-electron chi connectivity index (χ1n) is 4.40. The van der Waals surface area contributed by atoms with Crippen LogP contribution in [0.25, 0.3) is 0 Å². The summed E-state index contributed by atoms with van der Waals surface area (Å²) in [5.74, 6) is 0. The first kappa shape index (κ1) is 12.8. The zero-order valence-corrected chi connectivity index (χ0v) is 9.32. The molecule has 0 aromatic carbocycles. The number of rotatable bonds is 7. The summed E-state index contributed by atoms with van der Waals surface area (Å²) in [6, 6.07) is 0.